The number of hydrogen-bond acceptors (Lipinski definition) is 6. The zero-order chi connectivity index (χ0) is 19.6. The van der Waals surface area contributed by atoms with Crippen molar-refractivity contribution in [2.75, 3.05) is 29.3 Å². The molecule has 0 amide bonds. The van der Waals surface area contributed by atoms with Crippen LogP contribution in [0.15, 0.2) is 59.6 Å². The summed E-state index contributed by atoms with van der Waals surface area (Å²) in [5, 5.41) is 0.933. The highest BCUT2D eigenvalue weighted by molar-refractivity contribution is 8.14. The second-order valence-electron chi connectivity index (χ2n) is 7.13. The van der Waals surface area contributed by atoms with Crippen molar-refractivity contribution < 1.29 is 13.2 Å². The van der Waals surface area contributed by atoms with E-state index in [9.17, 15) is 8.42 Å². The SMILES string of the molecule is COc1ccc(N2C(SCCCc3ccccc3)=N[C@@H]3CS(=O)(=O)C[C@H]32)cc1. The van der Waals surface area contributed by atoms with E-state index in [2.05, 4.69) is 29.2 Å². The summed E-state index contributed by atoms with van der Waals surface area (Å²) in [6, 6.07) is 18.0. The topological polar surface area (TPSA) is 59.0 Å². The maximum atomic E-state index is 12.1. The normalized spacial score (nSPS) is 22.8. The van der Waals surface area contributed by atoms with Crippen LogP contribution in [-0.4, -0.2) is 50.0 Å². The van der Waals surface area contributed by atoms with Gasteiger partial charge in [-0.25, -0.2) is 8.42 Å². The fraction of sp³-hybridized carbons (Fsp3) is 0.381. The molecule has 5 nitrogen and oxygen atoms in total. The van der Waals surface area contributed by atoms with Crippen LogP contribution in [0.1, 0.15) is 12.0 Å². The van der Waals surface area contributed by atoms with Crippen LogP contribution in [0.5, 0.6) is 5.75 Å². The van der Waals surface area contributed by atoms with Gasteiger partial charge in [-0.05, 0) is 42.7 Å². The summed E-state index contributed by atoms with van der Waals surface area (Å²) in [7, 11) is -1.39. The van der Waals surface area contributed by atoms with E-state index in [1.807, 2.05) is 30.3 Å². The average Bonchev–Trinajstić information content (AvgIpc) is 3.17. The highest BCUT2D eigenvalue weighted by atomic mass is 32.2. The molecule has 2 aliphatic heterocycles. The van der Waals surface area contributed by atoms with Crippen molar-refractivity contribution >= 4 is 32.5 Å². The van der Waals surface area contributed by atoms with Gasteiger partial charge >= 0.3 is 0 Å². The minimum absolute atomic E-state index is 0.102. The number of aryl methyl sites for hydroxylation is 1. The molecular weight excluding hydrogens is 392 g/mol. The van der Waals surface area contributed by atoms with Crippen LogP contribution in [0.4, 0.5) is 5.69 Å². The number of methoxy groups -OCH3 is 1. The Morgan fingerprint density at radius 2 is 1.86 bits per heavy atom. The number of benzene rings is 2. The quantitative estimate of drug-likeness (QED) is 0.676. The number of fused-ring (bicyclic) bond motifs is 1. The first-order valence-corrected chi connectivity index (χ1v) is 12.2. The van der Waals surface area contributed by atoms with Crippen LogP contribution < -0.4 is 9.64 Å². The van der Waals surface area contributed by atoms with Gasteiger partial charge in [0.2, 0.25) is 0 Å². The minimum atomic E-state index is -3.03. The zero-order valence-electron chi connectivity index (χ0n) is 15.8. The number of amidine groups is 1. The van der Waals surface area contributed by atoms with E-state index in [0.29, 0.717) is 0 Å². The van der Waals surface area contributed by atoms with Gasteiger partial charge < -0.3 is 9.64 Å². The molecule has 1 saturated heterocycles. The molecular formula is C21H24N2O3S2. The monoisotopic (exact) mass is 416 g/mol. The van der Waals surface area contributed by atoms with Crippen LogP contribution in [0.25, 0.3) is 0 Å². The fourth-order valence-electron chi connectivity index (χ4n) is 3.76. The number of sulfone groups is 1. The van der Waals surface area contributed by atoms with Crippen LogP contribution in [-0.2, 0) is 16.3 Å². The standard InChI is InChI=1S/C21H24N2O3S2/c1-26-18-11-9-17(10-12-18)23-20-15-28(24,25)14-19(20)22-21(23)27-13-5-8-16-6-3-2-4-7-16/h2-4,6-7,9-12,19-20H,5,8,13-15H2,1H3/t19-,20-/m1/s1. The highest BCUT2D eigenvalue weighted by Crippen LogP contribution is 2.35. The van der Waals surface area contributed by atoms with Gasteiger partial charge in [0.1, 0.15) is 5.75 Å². The molecule has 0 radical (unpaired) electrons. The van der Waals surface area contributed by atoms with Crippen LogP contribution in [0.2, 0.25) is 0 Å². The van der Waals surface area contributed by atoms with Gasteiger partial charge in [0.05, 0.1) is 30.7 Å². The summed E-state index contributed by atoms with van der Waals surface area (Å²) in [6.07, 6.45) is 2.09. The molecule has 2 aromatic rings. The van der Waals surface area contributed by atoms with Crippen molar-refractivity contribution in [2.24, 2.45) is 4.99 Å². The molecule has 0 aliphatic carbocycles. The van der Waals surface area contributed by atoms with Crippen molar-refractivity contribution in [3.8, 4) is 5.75 Å². The number of hydrogen-bond donors (Lipinski definition) is 0. The van der Waals surface area contributed by atoms with Crippen molar-refractivity contribution in [1.29, 1.82) is 0 Å². The van der Waals surface area contributed by atoms with Gasteiger partial charge in [-0.2, -0.15) is 0 Å². The largest absolute Gasteiger partial charge is 0.497 e. The predicted octanol–water partition coefficient (Wildman–Crippen LogP) is 3.40. The molecule has 148 valence electrons. The van der Waals surface area contributed by atoms with Crippen LogP contribution >= 0.6 is 11.8 Å². The van der Waals surface area contributed by atoms with Gasteiger partial charge in [-0.1, -0.05) is 42.1 Å². The number of thioether (sulfide) groups is 1. The molecule has 0 saturated carbocycles. The first-order chi connectivity index (χ1) is 13.6. The molecule has 4 rings (SSSR count). The van der Waals surface area contributed by atoms with E-state index in [1.165, 1.54) is 5.56 Å². The molecule has 2 aromatic carbocycles. The molecule has 1 fully saturated rings. The third-order valence-electron chi connectivity index (χ3n) is 5.14. The first-order valence-electron chi connectivity index (χ1n) is 9.44. The maximum absolute atomic E-state index is 12.1. The number of anilines is 1. The predicted molar refractivity (Wildman–Crippen MR) is 116 cm³/mol. The molecule has 2 aliphatic rings. The van der Waals surface area contributed by atoms with E-state index in [1.54, 1.807) is 18.9 Å². The third kappa shape index (κ3) is 4.20. The Morgan fingerprint density at radius 1 is 1.11 bits per heavy atom. The van der Waals surface area contributed by atoms with Gasteiger partial charge in [-0.3, -0.25) is 4.99 Å². The molecule has 7 heteroatoms. The van der Waals surface area contributed by atoms with E-state index in [-0.39, 0.29) is 23.6 Å². The molecule has 0 N–H and O–H groups in total. The number of ether oxygens (including phenoxy) is 1. The number of nitrogens with zero attached hydrogens (tertiary/aromatic N) is 2. The van der Waals surface area contributed by atoms with E-state index in [4.69, 9.17) is 9.73 Å². The second-order valence-corrected chi connectivity index (χ2v) is 10.3. The summed E-state index contributed by atoms with van der Waals surface area (Å²) in [4.78, 5) is 6.90. The molecule has 28 heavy (non-hydrogen) atoms. The lowest BCUT2D eigenvalue weighted by atomic mass is 10.1. The Balaban J connectivity index is 1.47. The lowest BCUT2D eigenvalue weighted by Gasteiger charge is -2.26. The van der Waals surface area contributed by atoms with Crippen molar-refractivity contribution in [1.82, 2.24) is 0 Å². The number of rotatable bonds is 6. The first kappa shape index (κ1) is 19.3. The maximum Gasteiger partial charge on any atom is 0.164 e. The summed E-state index contributed by atoms with van der Waals surface area (Å²) in [6.45, 7) is 0. The van der Waals surface area contributed by atoms with Crippen molar-refractivity contribution in [2.45, 2.75) is 24.9 Å². The smallest absolute Gasteiger partial charge is 0.164 e. The van der Waals surface area contributed by atoms with Gasteiger partial charge in [0.15, 0.2) is 15.0 Å². The van der Waals surface area contributed by atoms with E-state index < -0.39 is 9.84 Å². The van der Waals surface area contributed by atoms with E-state index >= 15 is 0 Å². The fourth-order valence-corrected chi connectivity index (χ4v) is 6.67. The molecule has 2 atom stereocenters. The number of aliphatic imine (C=N–C) groups is 1. The highest BCUT2D eigenvalue weighted by Gasteiger charge is 2.47. The lowest BCUT2D eigenvalue weighted by Crippen LogP contribution is -2.39. The Bertz CT molecular complexity index is 943. The second kappa shape index (κ2) is 8.17. The Morgan fingerprint density at radius 3 is 2.57 bits per heavy atom. The van der Waals surface area contributed by atoms with Crippen molar-refractivity contribution in [3.63, 3.8) is 0 Å². The summed E-state index contributed by atoms with van der Waals surface area (Å²) < 4.78 is 29.5. The molecule has 0 bridgehead atoms. The van der Waals surface area contributed by atoms with Gasteiger partial charge in [0.25, 0.3) is 0 Å². The third-order valence-corrected chi connectivity index (χ3v) is 7.89. The Kier molecular flexibility index (Phi) is 5.64. The van der Waals surface area contributed by atoms with Gasteiger partial charge in [-0.15, -0.1) is 0 Å². The lowest BCUT2D eigenvalue weighted by molar-refractivity contribution is 0.415. The molecule has 2 heterocycles. The zero-order valence-corrected chi connectivity index (χ0v) is 17.5. The summed E-state index contributed by atoms with van der Waals surface area (Å²) >= 11 is 1.72. The summed E-state index contributed by atoms with van der Waals surface area (Å²) in [5.74, 6) is 2.05. The Hall–Kier alpha value is -1.99. The Labute approximate surface area is 170 Å². The van der Waals surface area contributed by atoms with Gasteiger partial charge in [0, 0.05) is 11.4 Å². The van der Waals surface area contributed by atoms with Crippen LogP contribution in [0, 0.1) is 0 Å². The summed E-state index contributed by atoms with van der Waals surface area (Å²) in [5.41, 5.74) is 2.31. The molecule has 0 aromatic heterocycles. The minimum Gasteiger partial charge on any atom is -0.497 e. The molecule has 0 spiro atoms. The molecule has 0 unspecified atom stereocenters. The van der Waals surface area contributed by atoms with Crippen LogP contribution in [0.3, 0.4) is 0 Å². The van der Waals surface area contributed by atoms with Crippen molar-refractivity contribution in [3.05, 3.63) is 60.2 Å². The van der Waals surface area contributed by atoms with E-state index in [0.717, 1.165) is 35.2 Å². The average molecular weight is 417 g/mol.